The van der Waals surface area contributed by atoms with Gasteiger partial charge in [0.2, 0.25) is 0 Å². The Kier molecular flexibility index (Phi) is 76.1. The van der Waals surface area contributed by atoms with Crippen molar-refractivity contribution in [1.82, 2.24) is 0 Å². The van der Waals surface area contributed by atoms with Crippen LogP contribution in [0.4, 0.5) is 0 Å². The van der Waals surface area contributed by atoms with Crippen molar-refractivity contribution in [2.75, 3.05) is 26.4 Å². The smallest absolute Gasteiger partial charge is 0.462 e. The van der Waals surface area contributed by atoms with Crippen molar-refractivity contribution in [2.24, 2.45) is 5.73 Å². The minimum Gasteiger partial charge on any atom is -0.462 e. The maximum absolute atomic E-state index is 12.8. The lowest BCUT2D eigenvalue weighted by Crippen LogP contribution is -2.29. The number of phosphoric ester groups is 1. The number of esters is 2. The molecule has 0 bridgehead atoms. The molecular formula is C87H144NO8P. The first-order valence-electron chi connectivity index (χ1n) is 39.3. The molecule has 0 aliphatic carbocycles. The molecule has 0 aliphatic rings. The Morgan fingerprint density at radius 3 is 0.794 bits per heavy atom. The first kappa shape index (κ1) is 92.1. The van der Waals surface area contributed by atoms with Gasteiger partial charge in [-0.25, -0.2) is 4.57 Å². The van der Waals surface area contributed by atoms with Gasteiger partial charge in [0.1, 0.15) is 6.61 Å². The number of unbranched alkanes of at least 4 members (excludes halogenated alkanes) is 29. The third kappa shape index (κ3) is 80.0. The van der Waals surface area contributed by atoms with Crippen LogP contribution in [0.25, 0.3) is 0 Å². The molecule has 0 aromatic rings. The molecule has 0 spiro atoms. The number of allylic oxidation sites excluding steroid dienone is 30. The fourth-order valence-corrected chi connectivity index (χ4v) is 11.3. The van der Waals surface area contributed by atoms with Crippen LogP contribution in [-0.4, -0.2) is 49.3 Å². The van der Waals surface area contributed by atoms with Gasteiger partial charge in [0, 0.05) is 19.4 Å². The van der Waals surface area contributed by atoms with Crippen molar-refractivity contribution in [3.63, 3.8) is 0 Å². The maximum atomic E-state index is 12.8. The van der Waals surface area contributed by atoms with Crippen molar-refractivity contribution in [1.29, 1.82) is 0 Å². The van der Waals surface area contributed by atoms with E-state index in [0.717, 1.165) is 141 Å². The Labute approximate surface area is 596 Å². The third-order valence-electron chi connectivity index (χ3n) is 16.3. The fourth-order valence-electron chi connectivity index (χ4n) is 10.6. The van der Waals surface area contributed by atoms with Crippen molar-refractivity contribution in [3.8, 4) is 0 Å². The van der Waals surface area contributed by atoms with Crippen molar-refractivity contribution >= 4 is 19.8 Å². The Balaban J connectivity index is 3.90. The number of rotatable bonds is 72. The molecule has 2 atom stereocenters. The predicted molar refractivity (Wildman–Crippen MR) is 422 cm³/mol. The van der Waals surface area contributed by atoms with Gasteiger partial charge in [-0.2, -0.15) is 0 Å². The number of ether oxygens (including phenoxy) is 2. The van der Waals surface area contributed by atoms with Crippen LogP contribution in [0.1, 0.15) is 322 Å². The van der Waals surface area contributed by atoms with E-state index in [0.29, 0.717) is 6.42 Å². The quantitative estimate of drug-likeness (QED) is 0.0264. The number of phosphoric acid groups is 1. The van der Waals surface area contributed by atoms with Crippen LogP contribution >= 0.6 is 7.82 Å². The molecule has 0 amide bonds. The van der Waals surface area contributed by atoms with E-state index in [2.05, 4.69) is 196 Å². The number of nitrogens with two attached hydrogens (primary N) is 1. The third-order valence-corrected chi connectivity index (χ3v) is 17.3. The van der Waals surface area contributed by atoms with Crippen molar-refractivity contribution in [2.45, 2.75) is 328 Å². The van der Waals surface area contributed by atoms with Crippen LogP contribution in [0.2, 0.25) is 0 Å². The molecule has 0 saturated carbocycles. The van der Waals surface area contributed by atoms with E-state index in [1.165, 1.54) is 148 Å². The van der Waals surface area contributed by atoms with Gasteiger partial charge in [0.05, 0.1) is 13.2 Å². The summed E-state index contributed by atoms with van der Waals surface area (Å²) >= 11 is 0. The summed E-state index contributed by atoms with van der Waals surface area (Å²) in [6, 6.07) is 0. The largest absolute Gasteiger partial charge is 0.472 e. The zero-order valence-electron chi connectivity index (χ0n) is 62.0. The molecule has 0 aliphatic heterocycles. The highest BCUT2D eigenvalue weighted by atomic mass is 31.2. The fraction of sp³-hybridized carbons (Fsp3) is 0.632. The van der Waals surface area contributed by atoms with Gasteiger partial charge >= 0.3 is 19.8 Å². The standard InChI is InChI=1S/C87H144NO8P/c1-3-5-7-9-11-13-15-17-19-21-23-25-27-29-31-33-35-37-39-41-42-44-46-48-50-52-54-56-58-60-62-64-66-68-70-72-74-76-78-80-87(90)96-85(84-95-97(91,92)94-82-81-88)83-93-86(89)79-77-75-73-71-69-67-65-63-61-59-57-55-53-51-49-47-45-43-40-38-36-34-32-30-28-26-24-22-20-18-16-14-12-10-8-6-4-2/h5-8,11-14,17-20,23-26,29-32,35,37,41-42,46,48,52,54,58,60,85H,3-4,9-10,15-16,21-22,27-28,33-34,36,38-40,43-45,47,49-51,53,55-57,59,61-84,88H2,1-2H3,(H,91,92)/b7-5-,8-6-,13-11-,14-12-,19-17-,20-18-,25-23-,26-24-,31-29-,32-30-,37-35-,42-41-,48-46-,54-52-,60-58-. The molecule has 0 aromatic carbocycles. The highest BCUT2D eigenvalue weighted by Gasteiger charge is 2.26. The second-order valence-corrected chi connectivity index (χ2v) is 26.9. The summed E-state index contributed by atoms with van der Waals surface area (Å²) < 4.78 is 33.3. The molecule has 0 radical (unpaired) electrons. The van der Waals surface area contributed by atoms with Crippen LogP contribution in [-0.2, 0) is 32.7 Å². The molecule has 3 N–H and O–H groups in total. The second-order valence-electron chi connectivity index (χ2n) is 25.5. The molecule has 9 nitrogen and oxygen atoms in total. The minimum atomic E-state index is -4.41. The average molecular weight is 1360 g/mol. The average Bonchev–Trinajstić information content (AvgIpc) is 2.88. The molecular weight excluding hydrogens is 1220 g/mol. The van der Waals surface area contributed by atoms with E-state index in [1.807, 2.05) is 0 Å². The molecule has 0 heterocycles. The summed E-state index contributed by atoms with van der Waals surface area (Å²) in [7, 11) is -4.41. The SMILES string of the molecule is CC/C=C\C/C=C\C/C=C\C/C=C\C/C=C\C/C=C\C/C=C\C/C=C\C/C=C\C/C=C\CCCCCCCCCCC(=O)OC(COC(=O)CCCCCCCCCCCCCCCCCCCCCCC/C=C\C/C=C\C/C=C\C/C=C\C/C=C\CC)COP(=O)(O)OCCN. The zero-order chi connectivity index (χ0) is 70.0. The highest BCUT2D eigenvalue weighted by Crippen LogP contribution is 2.43. The van der Waals surface area contributed by atoms with Crippen LogP contribution in [0, 0.1) is 0 Å². The molecule has 0 fully saturated rings. The predicted octanol–water partition coefficient (Wildman–Crippen LogP) is 26.6. The summed E-state index contributed by atoms with van der Waals surface area (Å²) in [5.74, 6) is -0.837. The van der Waals surface area contributed by atoms with Gasteiger partial charge in [-0.1, -0.05) is 357 Å². The zero-order valence-corrected chi connectivity index (χ0v) is 62.9. The molecule has 0 saturated heterocycles. The van der Waals surface area contributed by atoms with Gasteiger partial charge in [0.25, 0.3) is 0 Å². The van der Waals surface area contributed by atoms with Crippen molar-refractivity contribution in [3.05, 3.63) is 182 Å². The number of carbonyl (C=O) groups excluding carboxylic acids is 2. The number of hydrogen-bond acceptors (Lipinski definition) is 8. The molecule has 0 rings (SSSR count). The normalized spacial score (nSPS) is 13.9. The lowest BCUT2D eigenvalue weighted by molar-refractivity contribution is -0.161. The van der Waals surface area contributed by atoms with Gasteiger partial charge < -0.3 is 20.1 Å². The first-order valence-corrected chi connectivity index (χ1v) is 40.8. The van der Waals surface area contributed by atoms with Crippen LogP contribution < -0.4 is 5.73 Å². The Morgan fingerprint density at radius 1 is 0.309 bits per heavy atom. The monoisotopic (exact) mass is 1360 g/mol. The topological polar surface area (TPSA) is 134 Å². The summed E-state index contributed by atoms with van der Waals surface area (Å²) in [4.78, 5) is 35.5. The Hall–Kier alpha value is -4.89. The molecule has 97 heavy (non-hydrogen) atoms. The summed E-state index contributed by atoms with van der Waals surface area (Å²) in [6.07, 6.45) is 120. The van der Waals surface area contributed by atoms with Gasteiger partial charge in [-0.05, 0) is 135 Å². The maximum Gasteiger partial charge on any atom is 0.472 e. The van der Waals surface area contributed by atoms with E-state index in [1.54, 1.807) is 0 Å². The number of hydrogen-bond donors (Lipinski definition) is 2. The van der Waals surface area contributed by atoms with Gasteiger partial charge in [0.15, 0.2) is 6.10 Å². The van der Waals surface area contributed by atoms with E-state index in [-0.39, 0.29) is 38.6 Å². The highest BCUT2D eigenvalue weighted by molar-refractivity contribution is 7.47. The lowest BCUT2D eigenvalue weighted by atomic mass is 10.0. The minimum absolute atomic E-state index is 0.0452. The lowest BCUT2D eigenvalue weighted by Gasteiger charge is -2.19. The summed E-state index contributed by atoms with van der Waals surface area (Å²) in [6.45, 7) is 3.52. The molecule has 2 unspecified atom stereocenters. The van der Waals surface area contributed by atoms with E-state index in [9.17, 15) is 19.0 Å². The first-order chi connectivity index (χ1) is 47.8. The van der Waals surface area contributed by atoms with Crippen LogP contribution in [0.3, 0.4) is 0 Å². The number of carbonyl (C=O) groups is 2. The van der Waals surface area contributed by atoms with Crippen LogP contribution in [0.15, 0.2) is 182 Å². The van der Waals surface area contributed by atoms with Crippen molar-refractivity contribution < 1.29 is 37.6 Å². The Morgan fingerprint density at radius 2 is 0.536 bits per heavy atom. The van der Waals surface area contributed by atoms with Gasteiger partial charge in [-0.15, -0.1) is 0 Å². The van der Waals surface area contributed by atoms with E-state index < -0.39 is 26.5 Å². The molecule has 10 heteroatoms. The van der Waals surface area contributed by atoms with Crippen LogP contribution in [0.5, 0.6) is 0 Å². The molecule has 0 aromatic heterocycles. The summed E-state index contributed by atoms with van der Waals surface area (Å²) in [5, 5.41) is 0. The van der Waals surface area contributed by atoms with E-state index >= 15 is 0 Å². The Bertz CT molecular complexity index is 2250. The summed E-state index contributed by atoms with van der Waals surface area (Å²) in [5.41, 5.74) is 5.41. The van der Waals surface area contributed by atoms with Gasteiger partial charge in [-0.3, -0.25) is 18.6 Å². The second kappa shape index (κ2) is 80.1. The molecule has 550 valence electrons. The van der Waals surface area contributed by atoms with E-state index in [4.69, 9.17) is 24.3 Å².